The minimum Gasteiger partial charge on any atom is -0.497 e. The number of alkyl halides is 1. The maximum atomic E-state index is 6.10. The number of likely N-dealkylation sites (N-methyl/N-ethyl adjacent to an activating group) is 1. The highest BCUT2D eigenvalue weighted by Crippen LogP contribution is 2.26. The number of ether oxygens (including phenoxy) is 1. The van der Waals surface area contributed by atoms with Gasteiger partial charge in [-0.25, -0.2) is 4.98 Å². The van der Waals surface area contributed by atoms with E-state index in [9.17, 15) is 0 Å². The summed E-state index contributed by atoms with van der Waals surface area (Å²) in [6.07, 6.45) is 2.53. The first-order valence-corrected chi connectivity index (χ1v) is 8.13. The van der Waals surface area contributed by atoms with Crippen molar-refractivity contribution in [2.75, 3.05) is 20.2 Å². The number of hydrogen-bond donors (Lipinski definition) is 0. The quantitative estimate of drug-likeness (QED) is 0.794. The van der Waals surface area contributed by atoms with Crippen molar-refractivity contribution in [1.29, 1.82) is 0 Å². The van der Waals surface area contributed by atoms with Crippen molar-refractivity contribution in [1.82, 2.24) is 14.5 Å². The van der Waals surface area contributed by atoms with Crippen LogP contribution in [0, 0.1) is 0 Å². The lowest BCUT2D eigenvalue weighted by molar-refractivity contribution is 0.245. The van der Waals surface area contributed by atoms with Gasteiger partial charge in [0.25, 0.3) is 0 Å². The van der Waals surface area contributed by atoms with Gasteiger partial charge in [0.05, 0.1) is 24.0 Å². The number of halogens is 1. The molecular formula is C16H22ClN3O. The standard InChI is InChI=1S/C16H22ClN3O/c1-3-19-8-4-5-12(19)11-20-15-9-13(21-2)6-7-14(15)18-16(20)10-17/h6-7,9,12H,3-5,8,10-11H2,1-2H3. The fourth-order valence-corrected chi connectivity index (χ4v) is 3.52. The molecule has 2 aromatic rings. The van der Waals surface area contributed by atoms with Gasteiger partial charge in [-0.2, -0.15) is 0 Å². The van der Waals surface area contributed by atoms with Crippen LogP contribution in [0.15, 0.2) is 18.2 Å². The van der Waals surface area contributed by atoms with Crippen LogP contribution in [0.1, 0.15) is 25.6 Å². The lowest BCUT2D eigenvalue weighted by atomic mass is 10.2. The van der Waals surface area contributed by atoms with Crippen molar-refractivity contribution >= 4 is 22.6 Å². The van der Waals surface area contributed by atoms with Crippen LogP contribution in [0.3, 0.4) is 0 Å². The van der Waals surface area contributed by atoms with E-state index in [4.69, 9.17) is 16.3 Å². The van der Waals surface area contributed by atoms with Crippen LogP contribution in [0.5, 0.6) is 5.75 Å². The topological polar surface area (TPSA) is 30.3 Å². The lowest BCUT2D eigenvalue weighted by Gasteiger charge is -2.24. The van der Waals surface area contributed by atoms with Crippen LogP contribution in [0.25, 0.3) is 11.0 Å². The molecule has 0 amide bonds. The van der Waals surface area contributed by atoms with Gasteiger partial charge in [-0.3, -0.25) is 4.90 Å². The minimum absolute atomic E-state index is 0.440. The Bertz CT molecular complexity index is 625. The molecule has 3 rings (SSSR count). The molecule has 1 unspecified atom stereocenters. The van der Waals surface area contributed by atoms with E-state index in [1.807, 2.05) is 12.1 Å². The second-order valence-corrected chi connectivity index (χ2v) is 5.82. The van der Waals surface area contributed by atoms with Crippen molar-refractivity contribution in [2.45, 2.75) is 38.2 Å². The summed E-state index contributed by atoms with van der Waals surface area (Å²) in [5.41, 5.74) is 2.11. The molecule has 4 nitrogen and oxygen atoms in total. The molecule has 5 heteroatoms. The molecular weight excluding hydrogens is 286 g/mol. The summed E-state index contributed by atoms with van der Waals surface area (Å²) in [5.74, 6) is 2.25. The fraction of sp³-hybridized carbons (Fsp3) is 0.562. The molecule has 0 bridgehead atoms. The number of imidazole rings is 1. The van der Waals surface area contributed by atoms with E-state index in [1.165, 1.54) is 19.4 Å². The van der Waals surface area contributed by atoms with Crippen molar-refractivity contribution in [3.05, 3.63) is 24.0 Å². The molecule has 1 aliphatic heterocycles. The van der Waals surface area contributed by atoms with Crippen LogP contribution in [-0.4, -0.2) is 40.7 Å². The number of nitrogens with zero attached hydrogens (tertiary/aromatic N) is 3. The van der Waals surface area contributed by atoms with Crippen molar-refractivity contribution in [3.63, 3.8) is 0 Å². The maximum absolute atomic E-state index is 6.10. The Balaban J connectivity index is 1.98. The molecule has 114 valence electrons. The van der Waals surface area contributed by atoms with Crippen LogP contribution in [0.4, 0.5) is 0 Å². The van der Waals surface area contributed by atoms with Crippen LogP contribution in [-0.2, 0) is 12.4 Å². The smallest absolute Gasteiger partial charge is 0.124 e. The van der Waals surface area contributed by atoms with E-state index >= 15 is 0 Å². The first-order chi connectivity index (χ1) is 10.3. The highest BCUT2D eigenvalue weighted by Gasteiger charge is 2.25. The first kappa shape index (κ1) is 14.7. The normalized spacial score (nSPS) is 19.5. The largest absolute Gasteiger partial charge is 0.497 e. The summed E-state index contributed by atoms with van der Waals surface area (Å²) >= 11 is 6.10. The van der Waals surface area contributed by atoms with Gasteiger partial charge < -0.3 is 9.30 Å². The Morgan fingerprint density at radius 3 is 3.00 bits per heavy atom. The zero-order valence-corrected chi connectivity index (χ0v) is 13.4. The van der Waals surface area contributed by atoms with Gasteiger partial charge in [0, 0.05) is 18.7 Å². The number of methoxy groups -OCH3 is 1. The Morgan fingerprint density at radius 2 is 2.29 bits per heavy atom. The van der Waals surface area contributed by atoms with Crippen LogP contribution < -0.4 is 4.74 Å². The summed E-state index contributed by atoms with van der Waals surface area (Å²) in [5, 5.41) is 0. The summed E-state index contributed by atoms with van der Waals surface area (Å²) in [4.78, 5) is 7.20. The number of fused-ring (bicyclic) bond motifs is 1. The first-order valence-electron chi connectivity index (χ1n) is 7.60. The zero-order chi connectivity index (χ0) is 14.8. The van der Waals surface area contributed by atoms with Crippen molar-refractivity contribution < 1.29 is 4.74 Å². The third kappa shape index (κ3) is 2.74. The predicted molar refractivity (Wildman–Crippen MR) is 86.1 cm³/mol. The molecule has 1 aliphatic rings. The molecule has 2 heterocycles. The number of aromatic nitrogens is 2. The number of hydrogen-bond acceptors (Lipinski definition) is 3. The minimum atomic E-state index is 0.440. The second-order valence-electron chi connectivity index (χ2n) is 5.55. The third-order valence-electron chi connectivity index (χ3n) is 4.45. The monoisotopic (exact) mass is 307 g/mol. The van der Waals surface area contributed by atoms with Gasteiger partial charge in [-0.15, -0.1) is 11.6 Å². The van der Waals surface area contributed by atoms with E-state index in [2.05, 4.69) is 27.4 Å². The predicted octanol–water partition coefficient (Wildman–Crippen LogP) is 3.27. The van der Waals surface area contributed by atoms with Gasteiger partial charge >= 0.3 is 0 Å². The van der Waals surface area contributed by atoms with Gasteiger partial charge in [-0.1, -0.05) is 6.92 Å². The average molecular weight is 308 g/mol. The molecule has 0 N–H and O–H groups in total. The number of benzene rings is 1. The number of likely N-dealkylation sites (tertiary alicyclic amines) is 1. The third-order valence-corrected chi connectivity index (χ3v) is 4.69. The molecule has 1 fully saturated rings. The maximum Gasteiger partial charge on any atom is 0.124 e. The molecule has 0 saturated carbocycles. The van der Waals surface area contributed by atoms with Gasteiger partial charge in [0.15, 0.2) is 0 Å². The molecule has 0 spiro atoms. The average Bonchev–Trinajstić information content (AvgIpc) is 3.11. The summed E-state index contributed by atoms with van der Waals surface area (Å²) in [6.45, 7) is 5.50. The fourth-order valence-electron chi connectivity index (χ4n) is 3.31. The summed E-state index contributed by atoms with van der Waals surface area (Å²) in [6, 6.07) is 6.60. The zero-order valence-electron chi connectivity index (χ0n) is 12.7. The Kier molecular flexibility index (Phi) is 4.36. The van der Waals surface area contributed by atoms with E-state index < -0.39 is 0 Å². The van der Waals surface area contributed by atoms with E-state index in [0.29, 0.717) is 11.9 Å². The van der Waals surface area contributed by atoms with Gasteiger partial charge in [0.1, 0.15) is 11.6 Å². The van der Waals surface area contributed by atoms with Gasteiger partial charge in [0.2, 0.25) is 0 Å². The van der Waals surface area contributed by atoms with E-state index in [-0.39, 0.29) is 0 Å². The van der Waals surface area contributed by atoms with E-state index in [0.717, 1.165) is 35.7 Å². The summed E-state index contributed by atoms with van der Waals surface area (Å²) in [7, 11) is 1.69. The van der Waals surface area contributed by atoms with Crippen LogP contribution >= 0.6 is 11.6 Å². The molecule has 1 aromatic heterocycles. The molecule has 0 radical (unpaired) electrons. The molecule has 21 heavy (non-hydrogen) atoms. The SMILES string of the molecule is CCN1CCCC1Cn1c(CCl)nc2ccc(OC)cc21. The molecule has 1 saturated heterocycles. The molecule has 0 aliphatic carbocycles. The molecule has 1 aromatic carbocycles. The number of rotatable bonds is 5. The van der Waals surface area contributed by atoms with Crippen molar-refractivity contribution in [2.24, 2.45) is 0 Å². The Morgan fingerprint density at radius 1 is 1.43 bits per heavy atom. The van der Waals surface area contributed by atoms with E-state index in [1.54, 1.807) is 7.11 Å². The Labute approximate surface area is 130 Å². The highest BCUT2D eigenvalue weighted by molar-refractivity contribution is 6.16. The van der Waals surface area contributed by atoms with Crippen molar-refractivity contribution in [3.8, 4) is 5.75 Å². The van der Waals surface area contributed by atoms with Gasteiger partial charge in [-0.05, 0) is 38.1 Å². The second kappa shape index (κ2) is 6.24. The molecule has 1 atom stereocenters. The summed E-state index contributed by atoms with van der Waals surface area (Å²) < 4.78 is 7.62. The lowest BCUT2D eigenvalue weighted by Crippen LogP contribution is -2.33. The Hall–Kier alpha value is -1.26. The van der Waals surface area contributed by atoms with Crippen LogP contribution in [0.2, 0.25) is 0 Å². The highest BCUT2D eigenvalue weighted by atomic mass is 35.5.